The quantitative estimate of drug-likeness (QED) is 0.329. The number of hydrazine groups is 1. The number of nitrogens with two attached hydrogens (primary N) is 1. The molecule has 0 aromatic heterocycles. The van der Waals surface area contributed by atoms with Gasteiger partial charge in [0.2, 0.25) is 5.91 Å². The molecule has 1 aromatic carbocycles. The molecule has 0 aliphatic heterocycles. The van der Waals surface area contributed by atoms with Crippen molar-refractivity contribution >= 4 is 23.0 Å². The standard InChI is InChI=1S/C11H17N5O3/c1-2-6-13-10(17)7-14-8-4-3-5-9(15-12)11(8)16(18)19/h3-5,14-15H,2,6-7,12H2,1H3,(H,13,17). The Morgan fingerprint density at radius 1 is 1.42 bits per heavy atom. The highest BCUT2D eigenvalue weighted by Gasteiger charge is 2.19. The van der Waals surface area contributed by atoms with Gasteiger partial charge in [-0.3, -0.25) is 20.8 Å². The molecule has 0 unspecified atom stereocenters. The summed E-state index contributed by atoms with van der Waals surface area (Å²) in [5.41, 5.74) is 2.50. The third-order valence-electron chi connectivity index (χ3n) is 2.39. The second-order valence-corrected chi connectivity index (χ2v) is 3.81. The fraction of sp³-hybridized carbons (Fsp3) is 0.364. The molecule has 0 fully saturated rings. The molecule has 19 heavy (non-hydrogen) atoms. The van der Waals surface area contributed by atoms with E-state index in [1.807, 2.05) is 6.92 Å². The van der Waals surface area contributed by atoms with Gasteiger partial charge in [0.25, 0.3) is 0 Å². The Labute approximate surface area is 110 Å². The lowest BCUT2D eigenvalue weighted by molar-refractivity contribution is -0.383. The van der Waals surface area contributed by atoms with Crippen molar-refractivity contribution in [2.45, 2.75) is 13.3 Å². The third kappa shape index (κ3) is 4.11. The topological polar surface area (TPSA) is 122 Å². The minimum Gasteiger partial charge on any atom is -0.370 e. The number of benzene rings is 1. The average molecular weight is 267 g/mol. The zero-order valence-corrected chi connectivity index (χ0v) is 10.6. The van der Waals surface area contributed by atoms with Gasteiger partial charge in [0, 0.05) is 6.54 Å². The van der Waals surface area contributed by atoms with Gasteiger partial charge in [-0.1, -0.05) is 13.0 Å². The van der Waals surface area contributed by atoms with Gasteiger partial charge in [-0.25, -0.2) is 0 Å². The third-order valence-corrected chi connectivity index (χ3v) is 2.39. The van der Waals surface area contributed by atoms with E-state index in [0.29, 0.717) is 6.54 Å². The van der Waals surface area contributed by atoms with Gasteiger partial charge in [-0.15, -0.1) is 0 Å². The predicted molar refractivity (Wildman–Crippen MR) is 72.7 cm³/mol. The van der Waals surface area contributed by atoms with Crippen LogP contribution in [-0.2, 0) is 4.79 Å². The van der Waals surface area contributed by atoms with Crippen molar-refractivity contribution in [1.29, 1.82) is 0 Å². The number of nitrogen functional groups attached to an aromatic ring is 1. The Hall–Kier alpha value is -2.35. The lowest BCUT2D eigenvalue weighted by Crippen LogP contribution is -2.30. The predicted octanol–water partition coefficient (Wildman–Crippen LogP) is 0.818. The molecule has 1 aromatic rings. The largest absolute Gasteiger partial charge is 0.370 e. The Bertz CT molecular complexity index is 464. The zero-order chi connectivity index (χ0) is 14.3. The number of nitro benzene ring substituents is 1. The highest BCUT2D eigenvalue weighted by atomic mass is 16.6. The van der Waals surface area contributed by atoms with Crippen molar-refractivity contribution in [2.24, 2.45) is 5.84 Å². The van der Waals surface area contributed by atoms with Crippen molar-refractivity contribution in [1.82, 2.24) is 5.32 Å². The molecule has 0 aliphatic rings. The van der Waals surface area contributed by atoms with Crippen LogP contribution in [0.15, 0.2) is 18.2 Å². The van der Waals surface area contributed by atoms with Gasteiger partial charge in [-0.05, 0) is 18.6 Å². The molecule has 0 spiro atoms. The maximum Gasteiger partial charge on any atom is 0.316 e. The van der Waals surface area contributed by atoms with Gasteiger partial charge < -0.3 is 16.1 Å². The average Bonchev–Trinajstić information content (AvgIpc) is 2.41. The van der Waals surface area contributed by atoms with Gasteiger partial charge >= 0.3 is 5.69 Å². The number of amides is 1. The summed E-state index contributed by atoms with van der Waals surface area (Å²) >= 11 is 0. The molecule has 5 N–H and O–H groups in total. The number of rotatable bonds is 7. The maximum absolute atomic E-state index is 11.4. The number of carbonyl (C=O) groups is 1. The molecular formula is C11H17N5O3. The monoisotopic (exact) mass is 267 g/mol. The van der Waals surface area contributed by atoms with Crippen LogP contribution in [0.5, 0.6) is 0 Å². The van der Waals surface area contributed by atoms with Crippen molar-refractivity contribution < 1.29 is 9.72 Å². The normalized spacial score (nSPS) is 9.79. The van der Waals surface area contributed by atoms with Crippen LogP contribution < -0.4 is 21.9 Å². The van der Waals surface area contributed by atoms with Gasteiger partial charge in [0.15, 0.2) is 0 Å². The molecule has 8 nitrogen and oxygen atoms in total. The molecule has 1 rings (SSSR count). The molecule has 0 saturated carbocycles. The molecule has 0 radical (unpaired) electrons. The summed E-state index contributed by atoms with van der Waals surface area (Å²) in [5.74, 6) is 5.00. The summed E-state index contributed by atoms with van der Waals surface area (Å²) in [4.78, 5) is 21.9. The minimum absolute atomic E-state index is 0.0329. The van der Waals surface area contributed by atoms with Crippen molar-refractivity contribution in [3.8, 4) is 0 Å². The molecule has 0 aliphatic carbocycles. The van der Waals surface area contributed by atoms with E-state index in [-0.39, 0.29) is 29.5 Å². The van der Waals surface area contributed by atoms with Gasteiger partial charge in [-0.2, -0.15) is 0 Å². The number of anilines is 2. The van der Waals surface area contributed by atoms with Crippen LogP contribution in [0.1, 0.15) is 13.3 Å². The van der Waals surface area contributed by atoms with E-state index < -0.39 is 4.92 Å². The van der Waals surface area contributed by atoms with Gasteiger partial charge in [0.1, 0.15) is 11.4 Å². The Morgan fingerprint density at radius 2 is 2.11 bits per heavy atom. The van der Waals surface area contributed by atoms with E-state index in [2.05, 4.69) is 16.1 Å². The van der Waals surface area contributed by atoms with E-state index in [0.717, 1.165) is 6.42 Å². The Kier molecular flexibility index (Phi) is 5.55. The summed E-state index contributed by atoms with van der Waals surface area (Å²) in [6.45, 7) is 2.48. The van der Waals surface area contributed by atoms with Crippen LogP contribution in [0.3, 0.4) is 0 Å². The van der Waals surface area contributed by atoms with E-state index in [9.17, 15) is 14.9 Å². The molecule has 104 valence electrons. The van der Waals surface area contributed by atoms with Crippen LogP contribution in [-0.4, -0.2) is 23.9 Å². The zero-order valence-electron chi connectivity index (χ0n) is 10.6. The summed E-state index contributed by atoms with van der Waals surface area (Å²) in [6, 6.07) is 4.61. The first kappa shape index (κ1) is 14.7. The van der Waals surface area contributed by atoms with Crippen LogP contribution in [0.2, 0.25) is 0 Å². The number of nitrogens with one attached hydrogen (secondary N) is 3. The smallest absolute Gasteiger partial charge is 0.316 e. The SMILES string of the molecule is CCCNC(=O)CNc1cccc(NN)c1[N+](=O)[O-]. The first-order chi connectivity index (χ1) is 9.10. The van der Waals surface area contributed by atoms with Crippen molar-refractivity contribution in [3.05, 3.63) is 28.3 Å². The Balaban J connectivity index is 2.78. The number of hydrogen-bond acceptors (Lipinski definition) is 6. The maximum atomic E-state index is 11.4. The molecular weight excluding hydrogens is 250 g/mol. The van der Waals surface area contributed by atoms with Gasteiger partial charge in [0.05, 0.1) is 11.5 Å². The second-order valence-electron chi connectivity index (χ2n) is 3.81. The highest BCUT2D eigenvalue weighted by Crippen LogP contribution is 2.31. The minimum atomic E-state index is -0.554. The highest BCUT2D eigenvalue weighted by molar-refractivity contribution is 5.83. The number of nitrogens with zero attached hydrogens (tertiary/aromatic N) is 1. The summed E-state index contributed by atoms with van der Waals surface area (Å²) in [5, 5.41) is 16.4. The molecule has 0 saturated heterocycles. The summed E-state index contributed by atoms with van der Waals surface area (Å²) < 4.78 is 0. The molecule has 0 heterocycles. The van der Waals surface area contributed by atoms with E-state index in [1.165, 1.54) is 12.1 Å². The second kappa shape index (κ2) is 7.17. The fourth-order valence-corrected chi connectivity index (χ4v) is 1.50. The number of para-hydroxylation sites is 1. The summed E-state index contributed by atoms with van der Waals surface area (Å²) in [6.07, 6.45) is 0.832. The van der Waals surface area contributed by atoms with Crippen LogP contribution >= 0.6 is 0 Å². The van der Waals surface area contributed by atoms with Crippen molar-refractivity contribution in [3.63, 3.8) is 0 Å². The number of nitro groups is 1. The number of carbonyl (C=O) groups excluding carboxylic acids is 1. The first-order valence-electron chi connectivity index (χ1n) is 5.84. The lowest BCUT2D eigenvalue weighted by Gasteiger charge is -2.09. The Morgan fingerprint density at radius 3 is 2.68 bits per heavy atom. The summed E-state index contributed by atoms with van der Waals surface area (Å²) in [7, 11) is 0. The van der Waals surface area contributed by atoms with Crippen LogP contribution in [0.4, 0.5) is 17.1 Å². The van der Waals surface area contributed by atoms with E-state index in [1.54, 1.807) is 6.07 Å². The van der Waals surface area contributed by atoms with Crippen molar-refractivity contribution in [2.75, 3.05) is 23.8 Å². The molecule has 8 heteroatoms. The molecule has 0 atom stereocenters. The van der Waals surface area contributed by atoms with E-state index >= 15 is 0 Å². The van der Waals surface area contributed by atoms with E-state index in [4.69, 9.17) is 5.84 Å². The molecule has 1 amide bonds. The van der Waals surface area contributed by atoms with Crippen LogP contribution in [0, 0.1) is 10.1 Å². The lowest BCUT2D eigenvalue weighted by atomic mass is 10.2. The van der Waals surface area contributed by atoms with Crippen LogP contribution in [0.25, 0.3) is 0 Å². The fourth-order valence-electron chi connectivity index (χ4n) is 1.50. The first-order valence-corrected chi connectivity index (χ1v) is 5.84. The number of hydrogen-bond donors (Lipinski definition) is 4. The molecule has 0 bridgehead atoms.